The van der Waals surface area contributed by atoms with Crippen LogP contribution in [0.3, 0.4) is 0 Å². The lowest BCUT2D eigenvalue weighted by Gasteiger charge is -2.25. The van der Waals surface area contributed by atoms with E-state index in [1.807, 2.05) is 47.7 Å². The first-order chi connectivity index (χ1) is 14.6. The highest BCUT2D eigenvalue weighted by Crippen LogP contribution is 2.40. The standard InChI is InChI=1S/C23H28N4O2S/c1-4-17(24-23(28)25-18-9-5-6-10-19(18)29-3)21-16-11-14-26(2)15-20(16)30-22(21)27-12-7-8-13-27/h5-10,12-13,17H,4,11,14-15H2,1-3H3,(H2,24,25,28). The maximum atomic E-state index is 12.9. The van der Waals surface area contributed by atoms with Gasteiger partial charge < -0.3 is 24.8 Å². The fraction of sp³-hybridized carbons (Fsp3) is 0.348. The Labute approximate surface area is 181 Å². The maximum Gasteiger partial charge on any atom is 0.319 e. The van der Waals surface area contributed by atoms with Gasteiger partial charge in [0.25, 0.3) is 0 Å². The molecule has 1 unspecified atom stereocenters. The number of para-hydroxylation sites is 2. The normalized spacial score (nSPS) is 14.8. The van der Waals surface area contributed by atoms with Crippen molar-refractivity contribution in [2.45, 2.75) is 32.4 Å². The molecule has 0 saturated heterocycles. The summed E-state index contributed by atoms with van der Waals surface area (Å²) in [7, 11) is 3.76. The molecule has 1 aliphatic rings. The van der Waals surface area contributed by atoms with Crippen LogP contribution in [0.4, 0.5) is 10.5 Å². The number of fused-ring (bicyclic) bond motifs is 1. The van der Waals surface area contributed by atoms with E-state index in [9.17, 15) is 4.79 Å². The molecule has 0 radical (unpaired) electrons. The van der Waals surface area contributed by atoms with Crippen LogP contribution in [0.1, 0.15) is 35.4 Å². The largest absolute Gasteiger partial charge is 0.495 e. The zero-order chi connectivity index (χ0) is 21.1. The SMILES string of the molecule is CCC(NC(=O)Nc1ccccc1OC)c1c(-n2cccc2)sc2c1CCN(C)C2. The average Bonchev–Trinajstić information content (AvgIpc) is 3.40. The second-order valence-corrected chi connectivity index (χ2v) is 8.64. The minimum atomic E-state index is -0.224. The number of anilines is 1. The summed E-state index contributed by atoms with van der Waals surface area (Å²) < 4.78 is 7.52. The highest BCUT2D eigenvalue weighted by Gasteiger charge is 2.28. The van der Waals surface area contributed by atoms with Crippen LogP contribution in [0.5, 0.6) is 5.75 Å². The molecule has 1 aromatic carbocycles. The van der Waals surface area contributed by atoms with Gasteiger partial charge in [-0.2, -0.15) is 0 Å². The molecular formula is C23H28N4O2S. The van der Waals surface area contributed by atoms with Crippen molar-refractivity contribution in [3.8, 4) is 10.8 Å². The van der Waals surface area contributed by atoms with E-state index in [-0.39, 0.29) is 12.1 Å². The number of hydrogen-bond donors (Lipinski definition) is 2. The molecular weight excluding hydrogens is 396 g/mol. The van der Waals surface area contributed by atoms with Gasteiger partial charge in [-0.3, -0.25) is 0 Å². The molecule has 1 aliphatic heterocycles. The summed E-state index contributed by atoms with van der Waals surface area (Å²) in [5.74, 6) is 0.643. The molecule has 0 saturated carbocycles. The van der Waals surface area contributed by atoms with Crippen molar-refractivity contribution in [3.63, 3.8) is 0 Å². The number of nitrogens with one attached hydrogen (secondary N) is 2. The van der Waals surface area contributed by atoms with Gasteiger partial charge in [-0.15, -0.1) is 11.3 Å². The molecule has 7 heteroatoms. The van der Waals surface area contributed by atoms with Gasteiger partial charge in [0.1, 0.15) is 10.8 Å². The predicted molar refractivity (Wildman–Crippen MR) is 122 cm³/mol. The van der Waals surface area contributed by atoms with Crippen LogP contribution < -0.4 is 15.4 Å². The Morgan fingerprint density at radius 2 is 2.00 bits per heavy atom. The topological polar surface area (TPSA) is 58.5 Å². The number of benzene rings is 1. The number of urea groups is 1. The molecule has 1 atom stereocenters. The minimum absolute atomic E-state index is 0.0690. The van der Waals surface area contributed by atoms with E-state index in [1.165, 1.54) is 21.0 Å². The Bertz CT molecular complexity index is 1010. The molecule has 30 heavy (non-hydrogen) atoms. The maximum absolute atomic E-state index is 12.9. The number of rotatable bonds is 6. The van der Waals surface area contributed by atoms with Gasteiger partial charge in [-0.05, 0) is 49.7 Å². The van der Waals surface area contributed by atoms with E-state index in [2.05, 4.69) is 46.5 Å². The van der Waals surface area contributed by atoms with Crippen molar-refractivity contribution in [2.75, 3.05) is 26.0 Å². The van der Waals surface area contributed by atoms with Crippen LogP contribution in [0.2, 0.25) is 0 Å². The number of carbonyl (C=O) groups excluding carboxylic acids is 1. The van der Waals surface area contributed by atoms with Crippen LogP contribution in [0, 0.1) is 0 Å². The quantitative estimate of drug-likeness (QED) is 0.597. The lowest BCUT2D eigenvalue weighted by atomic mass is 9.96. The first kappa shape index (κ1) is 20.5. The van der Waals surface area contributed by atoms with Gasteiger partial charge in [0.2, 0.25) is 0 Å². The van der Waals surface area contributed by atoms with Crippen molar-refractivity contribution in [3.05, 3.63) is 64.8 Å². The third-order valence-corrected chi connectivity index (χ3v) is 6.77. The third-order valence-electron chi connectivity index (χ3n) is 5.53. The fourth-order valence-electron chi connectivity index (χ4n) is 4.01. The second-order valence-electron chi connectivity index (χ2n) is 7.56. The Morgan fingerprint density at radius 1 is 1.23 bits per heavy atom. The van der Waals surface area contributed by atoms with E-state index in [4.69, 9.17) is 4.74 Å². The van der Waals surface area contributed by atoms with Gasteiger partial charge >= 0.3 is 6.03 Å². The molecule has 2 N–H and O–H groups in total. The van der Waals surface area contributed by atoms with Crippen molar-refractivity contribution in [1.82, 2.24) is 14.8 Å². The summed E-state index contributed by atoms with van der Waals surface area (Å²) >= 11 is 1.83. The molecule has 0 bridgehead atoms. The van der Waals surface area contributed by atoms with Crippen LogP contribution in [-0.4, -0.2) is 36.2 Å². The molecule has 3 aromatic rings. The molecule has 4 rings (SSSR count). The molecule has 158 valence electrons. The Balaban J connectivity index is 1.63. The van der Waals surface area contributed by atoms with Crippen LogP contribution in [-0.2, 0) is 13.0 Å². The monoisotopic (exact) mass is 424 g/mol. The van der Waals surface area contributed by atoms with Crippen molar-refractivity contribution in [1.29, 1.82) is 0 Å². The van der Waals surface area contributed by atoms with E-state index >= 15 is 0 Å². The number of ether oxygens (including phenoxy) is 1. The number of amides is 2. The first-order valence-corrected chi connectivity index (χ1v) is 11.1. The van der Waals surface area contributed by atoms with Crippen molar-refractivity contribution in [2.24, 2.45) is 0 Å². The number of nitrogens with zero attached hydrogens (tertiary/aromatic N) is 2. The summed E-state index contributed by atoms with van der Waals surface area (Å²) in [4.78, 5) is 16.6. The lowest BCUT2D eigenvalue weighted by molar-refractivity contribution is 0.248. The lowest BCUT2D eigenvalue weighted by Crippen LogP contribution is -2.34. The predicted octanol–water partition coefficient (Wildman–Crippen LogP) is 4.81. The number of methoxy groups -OCH3 is 1. The van der Waals surface area contributed by atoms with Gasteiger partial charge in [-0.25, -0.2) is 4.79 Å². The number of carbonyl (C=O) groups is 1. The van der Waals surface area contributed by atoms with Crippen molar-refractivity contribution >= 4 is 23.1 Å². The summed E-state index contributed by atoms with van der Waals surface area (Å²) in [5.41, 5.74) is 3.30. The van der Waals surface area contributed by atoms with Gasteiger partial charge in [0.05, 0.1) is 18.8 Å². The Morgan fingerprint density at radius 3 is 2.73 bits per heavy atom. The molecule has 0 fully saturated rings. The summed E-state index contributed by atoms with van der Waals surface area (Å²) in [5, 5.41) is 7.35. The van der Waals surface area contributed by atoms with E-state index in [1.54, 1.807) is 7.11 Å². The average molecular weight is 425 g/mol. The van der Waals surface area contributed by atoms with Crippen LogP contribution in [0.25, 0.3) is 5.00 Å². The highest BCUT2D eigenvalue weighted by molar-refractivity contribution is 7.15. The summed E-state index contributed by atoms with van der Waals surface area (Å²) in [6.45, 7) is 4.11. The minimum Gasteiger partial charge on any atom is -0.495 e. The third kappa shape index (κ3) is 4.08. The zero-order valence-electron chi connectivity index (χ0n) is 17.6. The first-order valence-electron chi connectivity index (χ1n) is 10.3. The van der Waals surface area contributed by atoms with Crippen LogP contribution in [0.15, 0.2) is 48.8 Å². The zero-order valence-corrected chi connectivity index (χ0v) is 18.5. The number of thiophene rings is 1. The highest BCUT2D eigenvalue weighted by atomic mass is 32.1. The van der Waals surface area contributed by atoms with E-state index in [0.717, 1.165) is 25.9 Å². The molecule has 2 aromatic heterocycles. The van der Waals surface area contributed by atoms with Gasteiger partial charge in [0, 0.05) is 35.9 Å². The second kappa shape index (κ2) is 8.93. The molecule has 2 amide bonds. The van der Waals surface area contributed by atoms with E-state index in [0.29, 0.717) is 11.4 Å². The molecule has 3 heterocycles. The molecule has 0 spiro atoms. The van der Waals surface area contributed by atoms with Crippen LogP contribution >= 0.6 is 11.3 Å². The molecule has 6 nitrogen and oxygen atoms in total. The summed E-state index contributed by atoms with van der Waals surface area (Å²) in [6, 6.07) is 11.2. The smallest absolute Gasteiger partial charge is 0.319 e. The molecule has 0 aliphatic carbocycles. The number of hydrogen-bond acceptors (Lipinski definition) is 4. The van der Waals surface area contributed by atoms with E-state index < -0.39 is 0 Å². The van der Waals surface area contributed by atoms with Crippen molar-refractivity contribution < 1.29 is 9.53 Å². The Kier molecular flexibility index (Phi) is 6.11. The number of aromatic nitrogens is 1. The summed E-state index contributed by atoms with van der Waals surface area (Å²) in [6.07, 6.45) is 5.97. The van der Waals surface area contributed by atoms with Gasteiger partial charge in [-0.1, -0.05) is 19.1 Å². The fourth-order valence-corrected chi connectivity index (χ4v) is 5.46. The van der Waals surface area contributed by atoms with Gasteiger partial charge in [0.15, 0.2) is 0 Å². The number of likely N-dealkylation sites (N-methyl/N-ethyl adjacent to an activating group) is 1. The Hall–Kier alpha value is -2.77.